The van der Waals surface area contributed by atoms with Crippen LogP contribution in [0.5, 0.6) is 11.5 Å². The van der Waals surface area contributed by atoms with Gasteiger partial charge in [-0.15, -0.1) is 0 Å². The van der Waals surface area contributed by atoms with Crippen LogP contribution in [-0.4, -0.2) is 119 Å². The third kappa shape index (κ3) is 6.34. The minimum Gasteiger partial charge on any atom is -0.457 e. The number of aliphatic imine (C=N–C) groups is 2. The zero-order valence-electron chi connectivity index (χ0n) is 31.4. The van der Waals surface area contributed by atoms with Crippen LogP contribution in [0.1, 0.15) is 47.2 Å². The van der Waals surface area contributed by atoms with Gasteiger partial charge in [0, 0.05) is 75.3 Å². The first-order chi connectivity index (χ1) is 27.8. The number of nitrogens with zero attached hydrogens (tertiary/aromatic N) is 8. The lowest BCUT2D eigenvalue weighted by atomic mass is 9.80. The van der Waals surface area contributed by atoms with Crippen molar-refractivity contribution in [3.05, 3.63) is 89.5 Å². The van der Waals surface area contributed by atoms with Gasteiger partial charge >= 0.3 is 6.03 Å². The first-order valence-electron chi connectivity index (χ1n) is 19.9. The third-order valence-corrected chi connectivity index (χ3v) is 12.7. The van der Waals surface area contributed by atoms with Crippen LogP contribution < -0.4 is 20.7 Å². The predicted molar refractivity (Wildman–Crippen MR) is 212 cm³/mol. The van der Waals surface area contributed by atoms with Crippen molar-refractivity contribution >= 4 is 47.3 Å². The molecule has 4 saturated heterocycles. The molecule has 0 aliphatic carbocycles. The number of amidine groups is 1. The lowest BCUT2D eigenvalue weighted by molar-refractivity contribution is -0.136. The number of nitrogens with two attached hydrogens (primary N) is 1. The van der Waals surface area contributed by atoms with Crippen LogP contribution in [0.4, 0.5) is 10.5 Å². The average Bonchev–Trinajstić information content (AvgIpc) is 3.74. The number of imide groups is 1. The number of rotatable bonds is 7. The number of hydrazone groups is 1. The molecule has 10 rings (SSSR count). The first-order valence-corrected chi connectivity index (χ1v) is 19.9. The monoisotopic (exact) mass is 768 g/mol. The molecular weight excluding hydrogens is 725 g/mol. The Bertz CT molecular complexity index is 2210. The maximum Gasteiger partial charge on any atom is 0.320 e. The summed E-state index contributed by atoms with van der Waals surface area (Å²) in [5, 5.41) is 9.57. The second-order valence-electron chi connectivity index (χ2n) is 16.1. The highest BCUT2D eigenvalue weighted by atomic mass is 16.5. The van der Waals surface area contributed by atoms with Crippen LogP contribution >= 0.6 is 0 Å². The number of para-hydroxylation sites is 1. The molecule has 0 aromatic heterocycles. The van der Waals surface area contributed by atoms with E-state index >= 15 is 0 Å². The van der Waals surface area contributed by atoms with Gasteiger partial charge in [0.15, 0.2) is 6.17 Å². The topological polar surface area (TPSA) is 169 Å². The van der Waals surface area contributed by atoms with Crippen molar-refractivity contribution in [2.75, 3.05) is 44.2 Å². The van der Waals surface area contributed by atoms with E-state index in [9.17, 15) is 19.2 Å². The fourth-order valence-electron chi connectivity index (χ4n) is 9.36. The summed E-state index contributed by atoms with van der Waals surface area (Å²) in [7, 11) is 0. The zero-order chi connectivity index (χ0) is 38.8. The molecule has 0 radical (unpaired) electrons. The van der Waals surface area contributed by atoms with Crippen molar-refractivity contribution in [2.45, 2.75) is 50.5 Å². The molecule has 7 heterocycles. The van der Waals surface area contributed by atoms with Gasteiger partial charge in [0.05, 0.1) is 11.8 Å². The summed E-state index contributed by atoms with van der Waals surface area (Å²) in [4.78, 5) is 67.7. The number of hydrogen-bond acceptors (Lipinski definition) is 11. The minimum absolute atomic E-state index is 0.109. The number of fused-ring (bicyclic) bond motifs is 2. The normalized spacial score (nSPS) is 25.1. The van der Waals surface area contributed by atoms with Crippen LogP contribution in [0.25, 0.3) is 0 Å². The molecule has 0 bridgehead atoms. The van der Waals surface area contributed by atoms with Gasteiger partial charge in [-0.25, -0.2) is 14.8 Å². The van der Waals surface area contributed by atoms with Gasteiger partial charge in [0.1, 0.15) is 35.6 Å². The minimum atomic E-state index is -0.617. The summed E-state index contributed by atoms with van der Waals surface area (Å²) in [5.41, 5.74) is 10.9. The molecule has 7 aliphatic rings. The molecule has 3 aromatic carbocycles. The van der Waals surface area contributed by atoms with Crippen LogP contribution in [-0.2, 0) is 16.1 Å². The second kappa shape index (κ2) is 14.0. The van der Waals surface area contributed by atoms with E-state index in [-0.39, 0.29) is 42.4 Å². The zero-order valence-corrected chi connectivity index (χ0v) is 31.4. The predicted octanol–water partition coefficient (Wildman–Crippen LogP) is 3.25. The standard InChI is InChI=1S/C42H44N10O5/c43-38-36-37(25-6-9-32(10-7-25)57-31-4-2-1-3-5-31)47-52(39(36)45-24-44-38)29-14-16-48(17-15-29)42(56)50-21-28(22-50)27-19-49(20-27)30-8-11-33-26(18-30)23-51(41(33)55)34-12-13-35(53)46-40(34)54/h1-11,18,24,27-29,34,36,39H,12-17,19-23H2,(H2,43,44,45)(H,46,53,54). The van der Waals surface area contributed by atoms with Gasteiger partial charge in [0.25, 0.3) is 5.91 Å². The highest BCUT2D eigenvalue weighted by Crippen LogP contribution is 2.38. The summed E-state index contributed by atoms with van der Waals surface area (Å²) in [5.74, 6) is 1.87. The van der Waals surface area contributed by atoms with Crippen LogP contribution in [0.15, 0.2) is 87.9 Å². The van der Waals surface area contributed by atoms with Crippen molar-refractivity contribution < 1.29 is 23.9 Å². The fraction of sp³-hybridized carbons (Fsp3) is 0.405. The van der Waals surface area contributed by atoms with Crippen LogP contribution in [0.3, 0.4) is 0 Å². The summed E-state index contributed by atoms with van der Waals surface area (Å²) < 4.78 is 6.00. The van der Waals surface area contributed by atoms with Crippen molar-refractivity contribution in [1.29, 1.82) is 0 Å². The van der Waals surface area contributed by atoms with Gasteiger partial charge in [-0.05, 0) is 85.0 Å². The fourth-order valence-corrected chi connectivity index (χ4v) is 9.36. The summed E-state index contributed by atoms with van der Waals surface area (Å²) in [6.07, 6.45) is 3.43. The van der Waals surface area contributed by atoms with Gasteiger partial charge in [-0.3, -0.25) is 24.7 Å². The molecule has 3 N–H and O–H groups in total. The molecular formula is C42H44N10O5. The van der Waals surface area contributed by atoms with Gasteiger partial charge < -0.3 is 30.1 Å². The number of nitrogens with one attached hydrogen (secondary N) is 1. The highest BCUT2D eigenvalue weighted by Gasteiger charge is 2.47. The number of carbonyl (C=O) groups is 4. The summed E-state index contributed by atoms with van der Waals surface area (Å²) in [6.45, 7) is 5.03. The van der Waals surface area contributed by atoms with E-state index in [0.717, 1.165) is 73.0 Å². The molecule has 5 amide bonds. The summed E-state index contributed by atoms with van der Waals surface area (Å²) in [6, 6.07) is 23.1. The van der Waals surface area contributed by atoms with Gasteiger partial charge in [-0.2, -0.15) is 5.10 Å². The Balaban J connectivity index is 0.709. The molecule has 3 unspecified atom stereocenters. The number of piperidine rings is 2. The van der Waals surface area contributed by atoms with Crippen LogP contribution in [0.2, 0.25) is 0 Å². The van der Waals surface area contributed by atoms with Crippen molar-refractivity contribution in [3.8, 4) is 11.5 Å². The lowest BCUT2D eigenvalue weighted by Crippen LogP contribution is -2.63. The molecule has 15 heteroatoms. The second-order valence-corrected chi connectivity index (χ2v) is 16.1. The molecule has 3 atom stereocenters. The van der Waals surface area contributed by atoms with Crippen LogP contribution in [0, 0.1) is 17.8 Å². The highest BCUT2D eigenvalue weighted by molar-refractivity contribution is 6.17. The number of amides is 5. The molecule has 0 spiro atoms. The SMILES string of the molecule is NC1=NC=NC2C1C(c1ccc(Oc3ccccc3)cc1)=NN2C1CCN(C(=O)N2CC(C3CN(c4ccc5c(c4)CN(C4CCC(=O)NC4=O)C5=O)C3)C2)CC1. The number of anilines is 1. The van der Waals surface area contributed by atoms with E-state index in [1.54, 1.807) is 4.90 Å². The smallest absolute Gasteiger partial charge is 0.320 e. The van der Waals surface area contributed by atoms with Crippen molar-refractivity contribution in [1.82, 2.24) is 25.0 Å². The number of ether oxygens (including phenoxy) is 1. The Kier molecular flexibility index (Phi) is 8.67. The Morgan fingerprint density at radius 3 is 2.33 bits per heavy atom. The Labute approximate surface area is 329 Å². The molecule has 3 aromatic rings. The average molecular weight is 769 g/mol. The summed E-state index contributed by atoms with van der Waals surface area (Å²) >= 11 is 0. The van der Waals surface area contributed by atoms with Crippen molar-refractivity contribution in [3.63, 3.8) is 0 Å². The van der Waals surface area contributed by atoms with E-state index in [0.29, 0.717) is 49.3 Å². The largest absolute Gasteiger partial charge is 0.457 e. The lowest BCUT2D eigenvalue weighted by Gasteiger charge is -2.52. The number of hydrogen-bond donors (Lipinski definition) is 2. The Morgan fingerprint density at radius 1 is 0.842 bits per heavy atom. The van der Waals surface area contributed by atoms with Gasteiger partial charge in [0.2, 0.25) is 11.8 Å². The molecule has 57 heavy (non-hydrogen) atoms. The Morgan fingerprint density at radius 2 is 1.58 bits per heavy atom. The first kappa shape index (κ1) is 35.2. The molecule has 15 nitrogen and oxygen atoms in total. The van der Waals surface area contributed by atoms with Crippen molar-refractivity contribution in [2.24, 2.45) is 38.6 Å². The molecule has 4 fully saturated rings. The van der Waals surface area contributed by atoms with E-state index in [1.165, 1.54) is 6.34 Å². The van der Waals surface area contributed by atoms with Gasteiger partial charge in [-0.1, -0.05) is 18.2 Å². The number of carbonyl (C=O) groups excluding carboxylic acids is 4. The van der Waals surface area contributed by atoms with E-state index in [1.807, 2.05) is 76.5 Å². The molecule has 0 saturated carbocycles. The number of urea groups is 1. The maximum atomic E-state index is 13.6. The quantitative estimate of drug-likeness (QED) is 0.346. The number of benzene rings is 3. The molecule has 7 aliphatic heterocycles. The molecule has 292 valence electrons. The Hall–Kier alpha value is -6.25. The number of likely N-dealkylation sites (tertiary alicyclic amines) is 2. The maximum absolute atomic E-state index is 13.6. The van der Waals surface area contributed by atoms with E-state index in [2.05, 4.69) is 26.3 Å². The third-order valence-electron chi connectivity index (χ3n) is 12.7. The van der Waals surface area contributed by atoms with E-state index < -0.39 is 11.9 Å². The van der Waals surface area contributed by atoms with E-state index in [4.69, 9.17) is 20.6 Å².